The molecule has 0 unspecified atom stereocenters. The molecule has 2 aromatic rings. The summed E-state index contributed by atoms with van der Waals surface area (Å²) < 4.78 is 25.1. The van der Waals surface area contributed by atoms with Crippen LogP contribution in [0.5, 0.6) is 0 Å². The molecule has 0 spiro atoms. The van der Waals surface area contributed by atoms with Crippen molar-refractivity contribution in [2.24, 2.45) is 0 Å². The third kappa shape index (κ3) is 8.37. The van der Waals surface area contributed by atoms with Gasteiger partial charge in [-0.3, -0.25) is 14.7 Å². The number of hydrogen-bond acceptors (Lipinski definition) is 7. The van der Waals surface area contributed by atoms with E-state index in [2.05, 4.69) is 51.3 Å². The van der Waals surface area contributed by atoms with Gasteiger partial charge in [-0.2, -0.15) is 5.10 Å². The monoisotopic (exact) mass is 533 g/mol. The summed E-state index contributed by atoms with van der Waals surface area (Å²) in [4.78, 5) is 25.5. The van der Waals surface area contributed by atoms with Crippen LogP contribution in [0.15, 0.2) is 30.3 Å². The first kappa shape index (κ1) is 28.8. The zero-order valence-corrected chi connectivity index (χ0v) is 22.7. The number of unbranched alkanes of at least 4 members (excludes halogenated alkanes) is 1. The molecule has 37 heavy (non-hydrogen) atoms. The maximum absolute atomic E-state index is 12.9. The maximum atomic E-state index is 12.9. The number of amides is 2. The van der Waals surface area contributed by atoms with E-state index in [1.54, 1.807) is 6.92 Å². The van der Waals surface area contributed by atoms with Gasteiger partial charge in [-0.1, -0.05) is 44.5 Å². The second-order valence-electron chi connectivity index (χ2n) is 9.85. The number of aliphatic hydroxyl groups is 1. The Morgan fingerprint density at radius 1 is 1.19 bits per heavy atom. The van der Waals surface area contributed by atoms with Gasteiger partial charge in [0.25, 0.3) is 5.91 Å². The van der Waals surface area contributed by atoms with Crippen LogP contribution in [0.4, 0.5) is 0 Å². The number of benzene rings is 1. The van der Waals surface area contributed by atoms with Crippen molar-refractivity contribution in [3.8, 4) is 0 Å². The first-order valence-electron chi connectivity index (χ1n) is 12.9. The van der Waals surface area contributed by atoms with E-state index in [0.717, 1.165) is 19.3 Å². The van der Waals surface area contributed by atoms with Crippen molar-refractivity contribution in [3.63, 3.8) is 0 Å². The van der Waals surface area contributed by atoms with Gasteiger partial charge < -0.3 is 21.1 Å². The zero-order valence-electron chi connectivity index (χ0n) is 21.8. The van der Waals surface area contributed by atoms with E-state index in [9.17, 15) is 23.1 Å². The fraction of sp³-hybridized carbons (Fsp3) is 0.577. The van der Waals surface area contributed by atoms with Gasteiger partial charge in [0.1, 0.15) is 11.7 Å². The Morgan fingerprint density at radius 2 is 1.95 bits per heavy atom. The first-order chi connectivity index (χ1) is 17.6. The molecule has 0 aliphatic heterocycles. The molecule has 1 saturated carbocycles. The average molecular weight is 534 g/mol. The molecule has 1 aliphatic rings. The van der Waals surface area contributed by atoms with Crippen LogP contribution >= 0.6 is 0 Å². The molecule has 1 heterocycles. The van der Waals surface area contributed by atoms with E-state index < -0.39 is 39.6 Å². The molecule has 2 amide bonds. The fourth-order valence-corrected chi connectivity index (χ4v) is 5.80. The predicted molar refractivity (Wildman–Crippen MR) is 142 cm³/mol. The van der Waals surface area contributed by atoms with Gasteiger partial charge >= 0.3 is 0 Å². The maximum Gasteiger partial charge on any atom is 0.272 e. The van der Waals surface area contributed by atoms with E-state index in [1.807, 2.05) is 13.0 Å². The molecule has 5 N–H and O–H groups in total. The lowest BCUT2D eigenvalue weighted by Crippen LogP contribution is -2.52. The third-order valence-electron chi connectivity index (χ3n) is 6.62. The van der Waals surface area contributed by atoms with Crippen LogP contribution < -0.4 is 16.0 Å². The van der Waals surface area contributed by atoms with Crippen LogP contribution in [0.25, 0.3) is 0 Å². The Morgan fingerprint density at radius 3 is 2.57 bits per heavy atom. The van der Waals surface area contributed by atoms with Gasteiger partial charge in [0.05, 0.1) is 17.6 Å². The second-order valence-corrected chi connectivity index (χ2v) is 12.1. The second kappa shape index (κ2) is 12.7. The predicted octanol–water partition coefficient (Wildman–Crippen LogP) is 1.35. The van der Waals surface area contributed by atoms with Crippen molar-refractivity contribution in [1.29, 1.82) is 0 Å². The number of sulfone groups is 1. The van der Waals surface area contributed by atoms with Crippen LogP contribution in [0, 0.1) is 6.92 Å². The minimum atomic E-state index is -3.59. The summed E-state index contributed by atoms with van der Waals surface area (Å²) in [6.45, 7) is 5.89. The highest BCUT2D eigenvalue weighted by atomic mass is 32.2. The number of nitrogens with one attached hydrogen (secondary N) is 4. The van der Waals surface area contributed by atoms with E-state index in [1.165, 1.54) is 17.2 Å². The summed E-state index contributed by atoms with van der Waals surface area (Å²) in [6, 6.07) is 8.60. The van der Waals surface area contributed by atoms with Gasteiger partial charge in [0, 0.05) is 24.3 Å². The van der Waals surface area contributed by atoms with Crippen molar-refractivity contribution in [1.82, 2.24) is 26.1 Å². The Kier molecular flexibility index (Phi) is 9.86. The minimum Gasteiger partial charge on any atom is -0.390 e. The number of aliphatic hydroxyl groups excluding tert-OH is 1. The average Bonchev–Trinajstić information content (AvgIpc) is 3.55. The largest absolute Gasteiger partial charge is 0.390 e. The Bertz CT molecular complexity index is 1180. The van der Waals surface area contributed by atoms with Crippen molar-refractivity contribution in [2.45, 2.75) is 70.6 Å². The van der Waals surface area contributed by atoms with Crippen LogP contribution in [-0.2, 0) is 26.6 Å². The van der Waals surface area contributed by atoms with E-state index in [-0.39, 0.29) is 30.1 Å². The zero-order chi connectivity index (χ0) is 27.1. The molecule has 10 nitrogen and oxygen atoms in total. The SMILES string of the molecule is CCCCS(=O)(=O)C[C@@H](NC(=O)c1cc(C)[nH]n1)C(=O)NC[C@H](O)CNC1(c2cccc(CC)c2)CC1. The summed E-state index contributed by atoms with van der Waals surface area (Å²) in [5.41, 5.74) is 3.00. The number of hydrogen-bond donors (Lipinski definition) is 5. The topological polar surface area (TPSA) is 153 Å². The lowest BCUT2D eigenvalue weighted by molar-refractivity contribution is -0.122. The summed E-state index contributed by atoms with van der Waals surface area (Å²) in [5, 5.41) is 25.6. The minimum absolute atomic E-state index is 0.0624. The molecular weight excluding hydrogens is 494 g/mol. The summed E-state index contributed by atoms with van der Waals surface area (Å²) in [7, 11) is -3.59. The molecule has 2 atom stereocenters. The fourth-order valence-electron chi connectivity index (χ4n) is 4.16. The van der Waals surface area contributed by atoms with Crippen molar-refractivity contribution in [2.75, 3.05) is 24.6 Å². The number of carbonyl (C=O) groups excluding carboxylic acids is 2. The molecule has 1 aromatic heterocycles. The molecule has 0 radical (unpaired) electrons. The normalized spacial score (nSPS) is 16.1. The quantitative estimate of drug-likeness (QED) is 0.232. The van der Waals surface area contributed by atoms with Gasteiger partial charge in [-0.25, -0.2) is 8.42 Å². The van der Waals surface area contributed by atoms with E-state index >= 15 is 0 Å². The number of H-pyrrole nitrogens is 1. The molecule has 1 aromatic carbocycles. The molecule has 3 rings (SSSR count). The molecular formula is C26H39N5O5S. The molecule has 1 fully saturated rings. The third-order valence-corrected chi connectivity index (χ3v) is 8.37. The van der Waals surface area contributed by atoms with Gasteiger partial charge in [0.2, 0.25) is 5.91 Å². The van der Waals surface area contributed by atoms with E-state index in [0.29, 0.717) is 18.5 Å². The van der Waals surface area contributed by atoms with Crippen LogP contribution in [0.3, 0.4) is 0 Å². The van der Waals surface area contributed by atoms with Crippen LogP contribution in [0.1, 0.15) is 66.8 Å². The number of carbonyl (C=O) groups is 2. The summed E-state index contributed by atoms with van der Waals surface area (Å²) >= 11 is 0. The first-order valence-corrected chi connectivity index (χ1v) is 14.7. The van der Waals surface area contributed by atoms with Gasteiger partial charge in [0.15, 0.2) is 9.84 Å². The highest BCUT2D eigenvalue weighted by Crippen LogP contribution is 2.45. The van der Waals surface area contributed by atoms with Crippen LogP contribution in [0.2, 0.25) is 0 Å². The standard InChI is InChI=1S/C26H39N5O5S/c1-4-6-12-37(35,36)17-23(29-25(34)22-13-18(3)30-31-22)24(33)27-15-21(32)16-28-26(10-11-26)20-9-7-8-19(5-2)14-20/h7-9,13-14,21,23,28,32H,4-6,10-12,15-17H2,1-3H3,(H,27,33)(H,29,34)(H,30,31)/t21-,23+/m0/s1. The molecule has 204 valence electrons. The summed E-state index contributed by atoms with van der Waals surface area (Å²) in [6.07, 6.45) is 3.16. The van der Waals surface area contributed by atoms with Crippen molar-refractivity contribution >= 4 is 21.7 Å². The Balaban J connectivity index is 1.58. The Hall–Kier alpha value is -2.76. The van der Waals surface area contributed by atoms with Crippen molar-refractivity contribution < 1.29 is 23.1 Å². The van der Waals surface area contributed by atoms with Gasteiger partial charge in [-0.15, -0.1) is 0 Å². The number of aromatic nitrogens is 2. The molecule has 0 saturated heterocycles. The lowest BCUT2D eigenvalue weighted by Gasteiger charge is -2.22. The smallest absolute Gasteiger partial charge is 0.272 e. The number of nitrogens with zero attached hydrogens (tertiary/aromatic N) is 1. The Labute approximate surface area is 218 Å². The molecule has 11 heteroatoms. The van der Waals surface area contributed by atoms with Crippen molar-refractivity contribution in [3.05, 3.63) is 52.8 Å². The molecule has 0 bridgehead atoms. The van der Waals surface area contributed by atoms with Gasteiger partial charge in [-0.05, 0) is 49.8 Å². The highest BCUT2D eigenvalue weighted by molar-refractivity contribution is 7.91. The lowest BCUT2D eigenvalue weighted by atomic mass is 10.0. The number of rotatable bonds is 15. The van der Waals surface area contributed by atoms with E-state index in [4.69, 9.17) is 0 Å². The van der Waals surface area contributed by atoms with Crippen LogP contribution in [-0.4, -0.2) is 72.3 Å². The summed E-state index contributed by atoms with van der Waals surface area (Å²) in [5.74, 6) is -1.92. The molecule has 1 aliphatic carbocycles. The number of aryl methyl sites for hydroxylation is 2. The highest BCUT2D eigenvalue weighted by Gasteiger charge is 2.44. The number of aromatic amines is 1.